The van der Waals surface area contributed by atoms with Gasteiger partial charge >= 0.3 is 6.18 Å². The number of hydrogen-bond acceptors (Lipinski definition) is 4. The number of aromatic nitrogens is 1. The van der Waals surface area contributed by atoms with Crippen LogP contribution in [0.3, 0.4) is 0 Å². The number of alkyl halides is 3. The number of nitrogens with zero attached hydrogens (tertiary/aromatic N) is 3. The number of morpholine rings is 1. The monoisotopic (exact) mass is 427 g/mol. The summed E-state index contributed by atoms with van der Waals surface area (Å²) in [5.74, 6) is 0.0481. The highest BCUT2D eigenvalue weighted by molar-refractivity contribution is 5.79. The van der Waals surface area contributed by atoms with Crippen molar-refractivity contribution in [1.82, 2.24) is 14.8 Å². The summed E-state index contributed by atoms with van der Waals surface area (Å²) in [7, 11) is 0. The molecule has 2 fully saturated rings. The largest absolute Gasteiger partial charge is 0.417 e. The molecule has 0 spiro atoms. The minimum absolute atomic E-state index is 0.0295. The molecule has 1 aromatic rings. The lowest BCUT2D eigenvalue weighted by molar-refractivity contribution is -0.137. The number of carbonyl (C=O) groups is 1. The van der Waals surface area contributed by atoms with Gasteiger partial charge in [-0.05, 0) is 30.9 Å². The van der Waals surface area contributed by atoms with Gasteiger partial charge in [0.2, 0.25) is 5.91 Å². The number of fused-ring (bicyclic) bond motifs is 1. The lowest BCUT2D eigenvalue weighted by Crippen LogP contribution is -2.43. The molecule has 8 heteroatoms. The molecule has 1 aliphatic carbocycles. The Kier molecular flexibility index (Phi) is 7.74. The predicted molar refractivity (Wildman–Crippen MR) is 108 cm³/mol. The molecular formula is C22H32F3N3O2. The van der Waals surface area contributed by atoms with E-state index in [1.165, 1.54) is 6.42 Å². The van der Waals surface area contributed by atoms with Gasteiger partial charge in [0, 0.05) is 56.5 Å². The van der Waals surface area contributed by atoms with E-state index in [1.807, 2.05) is 0 Å². The molecule has 2 atom stereocenters. The Balaban J connectivity index is 0.000000806. The molecule has 0 N–H and O–H groups in total. The van der Waals surface area contributed by atoms with Crippen LogP contribution in [0.5, 0.6) is 0 Å². The van der Waals surface area contributed by atoms with E-state index in [0.29, 0.717) is 30.3 Å². The first-order valence-electron chi connectivity index (χ1n) is 11.0. The maximum Gasteiger partial charge on any atom is 0.417 e. The number of amides is 1. The Morgan fingerprint density at radius 3 is 2.57 bits per heavy atom. The maximum atomic E-state index is 13.0. The van der Waals surface area contributed by atoms with Crippen molar-refractivity contribution in [2.75, 3.05) is 32.8 Å². The summed E-state index contributed by atoms with van der Waals surface area (Å²) >= 11 is 0. The quantitative estimate of drug-likeness (QED) is 0.718. The zero-order valence-corrected chi connectivity index (χ0v) is 17.9. The lowest BCUT2D eigenvalue weighted by Gasteiger charge is -2.33. The third-order valence-electron chi connectivity index (χ3n) is 5.99. The van der Waals surface area contributed by atoms with Gasteiger partial charge in [0.05, 0.1) is 18.8 Å². The van der Waals surface area contributed by atoms with E-state index in [0.717, 1.165) is 57.8 Å². The Labute approximate surface area is 176 Å². The van der Waals surface area contributed by atoms with Crippen LogP contribution in [0.2, 0.25) is 0 Å². The van der Waals surface area contributed by atoms with E-state index < -0.39 is 11.7 Å². The molecule has 0 radical (unpaired) electrons. The topological polar surface area (TPSA) is 45.7 Å². The van der Waals surface area contributed by atoms with Gasteiger partial charge in [-0.3, -0.25) is 14.7 Å². The van der Waals surface area contributed by atoms with Crippen molar-refractivity contribution in [3.63, 3.8) is 0 Å². The summed E-state index contributed by atoms with van der Waals surface area (Å²) in [4.78, 5) is 21.1. The summed E-state index contributed by atoms with van der Waals surface area (Å²) in [5.41, 5.74) is 0.445. The molecule has 3 heterocycles. The van der Waals surface area contributed by atoms with Crippen LogP contribution in [0.4, 0.5) is 13.2 Å². The second-order valence-corrected chi connectivity index (χ2v) is 8.36. The number of pyridine rings is 1. The molecule has 3 aliphatic rings. The van der Waals surface area contributed by atoms with Crippen molar-refractivity contribution in [3.05, 3.63) is 29.1 Å². The van der Waals surface area contributed by atoms with E-state index in [2.05, 4.69) is 23.7 Å². The second-order valence-electron chi connectivity index (χ2n) is 8.36. The normalized spacial score (nSPS) is 24.8. The molecule has 30 heavy (non-hydrogen) atoms. The molecule has 1 saturated heterocycles. The first kappa shape index (κ1) is 23.0. The van der Waals surface area contributed by atoms with Gasteiger partial charge in [-0.1, -0.05) is 20.3 Å². The Morgan fingerprint density at radius 2 is 1.90 bits per heavy atom. The van der Waals surface area contributed by atoms with Crippen LogP contribution in [0.15, 0.2) is 12.3 Å². The van der Waals surface area contributed by atoms with Crippen LogP contribution in [-0.4, -0.2) is 59.6 Å². The van der Waals surface area contributed by atoms with Crippen LogP contribution in [0.1, 0.15) is 56.4 Å². The molecule has 5 nitrogen and oxygen atoms in total. The number of rotatable bonds is 2. The van der Waals surface area contributed by atoms with Crippen molar-refractivity contribution in [2.45, 2.75) is 64.7 Å². The van der Waals surface area contributed by atoms with Gasteiger partial charge in [0.25, 0.3) is 0 Å². The van der Waals surface area contributed by atoms with E-state index >= 15 is 0 Å². The first-order valence-corrected chi connectivity index (χ1v) is 11.0. The molecule has 0 bridgehead atoms. The van der Waals surface area contributed by atoms with Crippen molar-refractivity contribution in [1.29, 1.82) is 0 Å². The molecular weight excluding hydrogens is 395 g/mol. The minimum atomic E-state index is -4.41. The molecule has 1 saturated carbocycles. The van der Waals surface area contributed by atoms with Crippen LogP contribution in [0.25, 0.3) is 0 Å². The van der Waals surface area contributed by atoms with Crippen LogP contribution in [0, 0.1) is 5.92 Å². The van der Waals surface area contributed by atoms with E-state index in [9.17, 15) is 18.0 Å². The number of halogens is 3. The lowest BCUT2D eigenvalue weighted by atomic mass is 10.00. The van der Waals surface area contributed by atoms with Gasteiger partial charge in [-0.2, -0.15) is 13.2 Å². The summed E-state index contributed by atoms with van der Waals surface area (Å²) in [5, 5.41) is 0. The molecule has 2 unspecified atom stereocenters. The smallest absolute Gasteiger partial charge is 0.379 e. The van der Waals surface area contributed by atoms with E-state index in [4.69, 9.17) is 4.74 Å². The minimum Gasteiger partial charge on any atom is -0.379 e. The van der Waals surface area contributed by atoms with Gasteiger partial charge in [0.15, 0.2) is 0 Å². The zero-order valence-electron chi connectivity index (χ0n) is 17.9. The second kappa shape index (κ2) is 10.1. The predicted octanol–water partition coefficient (Wildman–Crippen LogP) is 3.90. The molecule has 168 valence electrons. The van der Waals surface area contributed by atoms with Gasteiger partial charge < -0.3 is 9.64 Å². The number of carbonyl (C=O) groups excluding carboxylic acids is 1. The summed E-state index contributed by atoms with van der Waals surface area (Å²) < 4.78 is 44.2. The fraction of sp³-hybridized carbons (Fsp3) is 0.727. The Morgan fingerprint density at radius 1 is 1.20 bits per heavy atom. The summed E-state index contributed by atoms with van der Waals surface area (Å²) in [6.07, 6.45) is 0.929. The number of ether oxygens (including phenoxy) is 1. The van der Waals surface area contributed by atoms with Crippen molar-refractivity contribution < 1.29 is 22.7 Å². The summed E-state index contributed by atoms with van der Waals surface area (Å²) in [6.45, 7) is 8.31. The fourth-order valence-corrected chi connectivity index (χ4v) is 4.48. The standard InChI is InChI=1S/C19H24F3N3O2.C3H8/c20-19(21,22)15-9-14-12-25(4-3-17(14)23-11-15)18(26)13-1-2-16(10-13)24-5-7-27-8-6-24;1-3-2/h9,11,13,16H,1-8,10,12H2;3H2,1-2H3. The third kappa shape index (κ3) is 5.52. The average Bonchev–Trinajstić information content (AvgIpc) is 3.23. The fourth-order valence-electron chi connectivity index (χ4n) is 4.48. The highest BCUT2D eigenvalue weighted by Crippen LogP contribution is 2.34. The van der Waals surface area contributed by atoms with E-state index in [-0.39, 0.29) is 18.4 Å². The molecule has 4 rings (SSSR count). The first-order chi connectivity index (χ1) is 14.3. The van der Waals surface area contributed by atoms with Crippen molar-refractivity contribution in [3.8, 4) is 0 Å². The molecule has 1 aromatic heterocycles. The Bertz CT molecular complexity index is 720. The highest BCUT2D eigenvalue weighted by Gasteiger charge is 2.37. The number of hydrogen-bond donors (Lipinski definition) is 0. The van der Waals surface area contributed by atoms with Gasteiger partial charge in [-0.25, -0.2) is 0 Å². The van der Waals surface area contributed by atoms with E-state index in [1.54, 1.807) is 4.90 Å². The van der Waals surface area contributed by atoms with Crippen molar-refractivity contribution >= 4 is 5.91 Å². The maximum absolute atomic E-state index is 13.0. The van der Waals surface area contributed by atoms with Gasteiger partial charge in [-0.15, -0.1) is 0 Å². The SMILES string of the molecule is CCC.O=C(C1CCC(N2CCOCC2)C1)N1CCc2ncc(C(F)(F)F)cc2C1. The Hall–Kier alpha value is -1.67. The van der Waals surface area contributed by atoms with Crippen molar-refractivity contribution in [2.24, 2.45) is 5.92 Å². The molecule has 0 aromatic carbocycles. The summed E-state index contributed by atoms with van der Waals surface area (Å²) in [6, 6.07) is 1.56. The zero-order chi connectivity index (χ0) is 21.7. The molecule has 2 aliphatic heterocycles. The average molecular weight is 428 g/mol. The van der Waals surface area contributed by atoms with Gasteiger partial charge in [0.1, 0.15) is 0 Å². The van der Waals surface area contributed by atoms with Crippen LogP contribution in [-0.2, 0) is 28.7 Å². The van der Waals surface area contributed by atoms with Crippen LogP contribution >= 0.6 is 0 Å². The van der Waals surface area contributed by atoms with Crippen LogP contribution < -0.4 is 0 Å². The highest BCUT2D eigenvalue weighted by atomic mass is 19.4. The third-order valence-corrected chi connectivity index (χ3v) is 5.99. The molecule has 1 amide bonds.